The number of hydrogen-bond acceptors (Lipinski definition) is 4. The maximum Gasteiger partial charge on any atom is 0.283 e. The van der Waals surface area contributed by atoms with Gasteiger partial charge in [0.15, 0.2) is 0 Å². The fraction of sp³-hybridized carbons (Fsp3) is 0.455. The van der Waals surface area contributed by atoms with Crippen LogP contribution in [0, 0.1) is 0 Å². The van der Waals surface area contributed by atoms with Gasteiger partial charge in [-0.2, -0.15) is 5.10 Å². The average molecular weight is 301 g/mol. The van der Waals surface area contributed by atoms with Crippen LogP contribution >= 0.6 is 15.9 Å². The highest BCUT2D eigenvalue weighted by atomic mass is 79.9. The molecule has 0 spiro atoms. The first kappa shape index (κ1) is 13.9. The fourth-order valence-electron chi connectivity index (χ4n) is 1.23. The Balaban J connectivity index is 2.85. The Morgan fingerprint density at radius 2 is 2.47 bits per heavy atom. The Hall–Kier alpha value is -1.14. The van der Waals surface area contributed by atoms with Gasteiger partial charge in [0.1, 0.15) is 4.47 Å². The zero-order valence-electron chi connectivity index (χ0n) is 9.82. The van der Waals surface area contributed by atoms with Crippen LogP contribution in [0.25, 0.3) is 0 Å². The molecule has 5 nitrogen and oxygen atoms in total. The van der Waals surface area contributed by atoms with Crippen LogP contribution in [0.15, 0.2) is 28.1 Å². The SMILES string of the molecule is C=CCn1ncc(NCC(N)CC)c(Br)c1=O. The third-order valence-corrected chi connectivity index (χ3v) is 3.13. The summed E-state index contributed by atoms with van der Waals surface area (Å²) in [6.45, 7) is 6.60. The van der Waals surface area contributed by atoms with Crippen LogP contribution in [0.1, 0.15) is 13.3 Å². The van der Waals surface area contributed by atoms with Gasteiger partial charge in [0.2, 0.25) is 0 Å². The molecule has 1 rings (SSSR count). The summed E-state index contributed by atoms with van der Waals surface area (Å²) in [7, 11) is 0. The van der Waals surface area contributed by atoms with Crippen molar-refractivity contribution in [1.29, 1.82) is 0 Å². The minimum absolute atomic E-state index is 0.0671. The van der Waals surface area contributed by atoms with E-state index in [0.29, 0.717) is 23.2 Å². The maximum atomic E-state index is 11.8. The van der Waals surface area contributed by atoms with Crippen molar-refractivity contribution in [3.8, 4) is 0 Å². The summed E-state index contributed by atoms with van der Waals surface area (Å²) in [5, 5.41) is 7.13. The minimum atomic E-state index is -0.181. The predicted molar refractivity (Wildman–Crippen MR) is 73.2 cm³/mol. The number of nitrogens with two attached hydrogens (primary N) is 1. The van der Waals surface area contributed by atoms with Crippen LogP contribution in [-0.2, 0) is 6.54 Å². The summed E-state index contributed by atoms with van der Waals surface area (Å²) in [4.78, 5) is 11.8. The first-order valence-corrected chi connectivity index (χ1v) is 6.25. The van der Waals surface area contributed by atoms with Crippen molar-refractivity contribution < 1.29 is 0 Å². The lowest BCUT2D eigenvalue weighted by Gasteiger charge is -2.13. The van der Waals surface area contributed by atoms with Crippen LogP contribution < -0.4 is 16.6 Å². The second-order valence-corrected chi connectivity index (χ2v) is 4.49. The Kier molecular flexibility index (Phi) is 5.37. The summed E-state index contributed by atoms with van der Waals surface area (Å²) >= 11 is 3.26. The van der Waals surface area contributed by atoms with E-state index in [2.05, 4.69) is 32.9 Å². The number of anilines is 1. The molecule has 0 saturated heterocycles. The number of rotatable bonds is 6. The summed E-state index contributed by atoms with van der Waals surface area (Å²) in [6.07, 6.45) is 4.11. The van der Waals surface area contributed by atoms with Gasteiger partial charge in [0.25, 0.3) is 5.56 Å². The van der Waals surface area contributed by atoms with Crippen LogP contribution in [0.5, 0.6) is 0 Å². The van der Waals surface area contributed by atoms with Gasteiger partial charge in [-0.05, 0) is 22.4 Å². The molecular weight excluding hydrogens is 284 g/mol. The lowest BCUT2D eigenvalue weighted by molar-refractivity contribution is 0.645. The van der Waals surface area contributed by atoms with Crippen LogP contribution in [-0.4, -0.2) is 22.4 Å². The summed E-state index contributed by atoms with van der Waals surface area (Å²) in [6, 6.07) is 0.0671. The third kappa shape index (κ3) is 3.67. The van der Waals surface area contributed by atoms with E-state index in [-0.39, 0.29) is 11.6 Å². The van der Waals surface area contributed by atoms with Crippen LogP contribution in [0.2, 0.25) is 0 Å². The van der Waals surface area contributed by atoms with Crippen LogP contribution in [0.4, 0.5) is 5.69 Å². The van der Waals surface area contributed by atoms with Gasteiger partial charge in [-0.3, -0.25) is 4.79 Å². The van der Waals surface area contributed by atoms with E-state index < -0.39 is 0 Å². The first-order chi connectivity index (χ1) is 8.10. The molecule has 0 bridgehead atoms. The standard InChI is InChI=1S/C11H17BrN4O/c1-3-5-16-11(17)10(12)9(7-15-16)14-6-8(13)4-2/h3,7-8,14H,1,4-6,13H2,2H3. The molecule has 17 heavy (non-hydrogen) atoms. The molecule has 3 N–H and O–H groups in total. The number of aromatic nitrogens is 2. The van der Waals surface area contributed by atoms with Gasteiger partial charge < -0.3 is 11.1 Å². The molecule has 1 heterocycles. The second kappa shape index (κ2) is 6.56. The smallest absolute Gasteiger partial charge is 0.283 e. The average Bonchev–Trinajstić information content (AvgIpc) is 2.34. The highest BCUT2D eigenvalue weighted by Crippen LogP contribution is 2.15. The zero-order chi connectivity index (χ0) is 12.8. The van der Waals surface area contributed by atoms with E-state index in [1.807, 2.05) is 6.92 Å². The van der Waals surface area contributed by atoms with E-state index in [1.54, 1.807) is 12.3 Å². The summed E-state index contributed by atoms with van der Waals surface area (Å²) in [5.41, 5.74) is 6.28. The molecule has 1 aromatic heterocycles. The van der Waals surface area contributed by atoms with Crippen molar-refractivity contribution in [2.24, 2.45) is 5.73 Å². The van der Waals surface area contributed by atoms with Crippen molar-refractivity contribution in [3.63, 3.8) is 0 Å². The Morgan fingerprint density at radius 1 is 1.76 bits per heavy atom. The van der Waals surface area contributed by atoms with Gasteiger partial charge in [0.05, 0.1) is 18.4 Å². The first-order valence-electron chi connectivity index (χ1n) is 5.46. The van der Waals surface area contributed by atoms with Gasteiger partial charge >= 0.3 is 0 Å². The van der Waals surface area contributed by atoms with Gasteiger partial charge in [-0.25, -0.2) is 4.68 Å². The normalized spacial score (nSPS) is 12.2. The molecular formula is C11H17BrN4O. The van der Waals surface area contributed by atoms with Crippen LogP contribution in [0.3, 0.4) is 0 Å². The molecule has 1 unspecified atom stereocenters. The molecule has 0 aliphatic rings. The summed E-state index contributed by atoms with van der Waals surface area (Å²) < 4.78 is 1.81. The molecule has 0 aliphatic heterocycles. The van der Waals surface area contributed by atoms with Crippen molar-refractivity contribution in [2.45, 2.75) is 25.9 Å². The molecule has 0 fully saturated rings. The highest BCUT2D eigenvalue weighted by molar-refractivity contribution is 9.10. The monoisotopic (exact) mass is 300 g/mol. The lowest BCUT2D eigenvalue weighted by Crippen LogP contribution is -2.30. The largest absolute Gasteiger partial charge is 0.381 e. The molecule has 0 aromatic carbocycles. The second-order valence-electron chi connectivity index (χ2n) is 3.70. The Morgan fingerprint density at radius 3 is 3.06 bits per heavy atom. The zero-order valence-corrected chi connectivity index (χ0v) is 11.4. The maximum absolute atomic E-state index is 11.8. The van der Waals surface area contributed by atoms with Crippen molar-refractivity contribution in [1.82, 2.24) is 9.78 Å². The van der Waals surface area contributed by atoms with Crippen molar-refractivity contribution >= 4 is 21.6 Å². The van der Waals surface area contributed by atoms with Crippen molar-refractivity contribution in [2.75, 3.05) is 11.9 Å². The number of nitrogens with zero attached hydrogens (tertiary/aromatic N) is 2. The molecule has 0 saturated carbocycles. The van der Waals surface area contributed by atoms with E-state index in [9.17, 15) is 4.79 Å². The number of nitrogens with one attached hydrogen (secondary N) is 1. The van der Waals surface area contributed by atoms with Gasteiger partial charge in [-0.1, -0.05) is 13.0 Å². The third-order valence-electron chi connectivity index (χ3n) is 2.37. The topological polar surface area (TPSA) is 72.9 Å². The van der Waals surface area contributed by atoms with Gasteiger partial charge in [-0.15, -0.1) is 6.58 Å². The van der Waals surface area contributed by atoms with E-state index >= 15 is 0 Å². The number of halogens is 1. The quantitative estimate of drug-likeness (QED) is 0.778. The Labute approximate surface area is 109 Å². The molecule has 1 atom stereocenters. The van der Waals surface area contributed by atoms with E-state index in [4.69, 9.17) is 5.73 Å². The molecule has 94 valence electrons. The molecule has 1 aromatic rings. The molecule has 6 heteroatoms. The predicted octanol–water partition coefficient (Wildman–Crippen LogP) is 1.34. The molecule has 0 radical (unpaired) electrons. The molecule has 0 amide bonds. The van der Waals surface area contributed by atoms with E-state index in [1.165, 1.54) is 4.68 Å². The van der Waals surface area contributed by atoms with E-state index in [0.717, 1.165) is 6.42 Å². The lowest BCUT2D eigenvalue weighted by atomic mass is 10.2. The van der Waals surface area contributed by atoms with Crippen molar-refractivity contribution in [3.05, 3.63) is 33.7 Å². The fourth-order valence-corrected chi connectivity index (χ4v) is 1.67. The number of allylic oxidation sites excluding steroid dienone is 1. The van der Waals surface area contributed by atoms with Gasteiger partial charge in [0, 0.05) is 12.6 Å². The minimum Gasteiger partial charge on any atom is -0.381 e. The Bertz CT molecular complexity index is 444. The number of hydrogen-bond donors (Lipinski definition) is 2. The summed E-state index contributed by atoms with van der Waals surface area (Å²) in [5.74, 6) is 0. The highest BCUT2D eigenvalue weighted by Gasteiger charge is 2.08. The molecule has 0 aliphatic carbocycles.